The zero-order valence-corrected chi connectivity index (χ0v) is 15.6. The molecule has 0 aliphatic heterocycles. The lowest BCUT2D eigenvalue weighted by Gasteiger charge is -2.09. The Morgan fingerprint density at radius 1 is 0.893 bits per heavy atom. The molecule has 3 aromatic carbocycles. The van der Waals surface area contributed by atoms with Gasteiger partial charge in [-0.2, -0.15) is 5.10 Å². The first kappa shape index (κ1) is 17.8. The minimum atomic E-state index is -0.269. The molecule has 0 aliphatic rings. The van der Waals surface area contributed by atoms with E-state index >= 15 is 0 Å². The van der Waals surface area contributed by atoms with Crippen LogP contribution in [0, 0.1) is 12.7 Å². The van der Waals surface area contributed by atoms with E-state index in [0.29, 0.717) is 11.6 Å². The molecule has 0 radical (unpaired) electrons. The minimum absolute atomic E-state index is 0.269. The topological polar surface area (TPSA) is 50.2 Å². The lowest BCUT2D eigenvalue weighted by Crippen LogP contribution is -2.03. The van der Waals surface area contributed by atoms with Gasteiger partial charge >= 0.3 is 0 Å². The molecule has 0 fully saturated rings. The molecule has 0 unspecified atom stereocenters. The first-order valence-electron chi connectivity index (χ1n) is 9.00. The van der Waals surface area contributed by atoms with Crippen molar-refractivity contribution in [2.24, 2.45) is 5.10 Å². The lowest BCUT2D eigenvalue weighted by atomic mass is 10.1. The van der Waals surface area contributed by atoms with E-state index in [9.17, 15) is 4.39 Å². The molecule has 4 rings (SSSR count). The number of para-hydroxylation sites is 1. The Hall–Kier alpha value is -3.60. The van der Waals surface area contributed by atoms with Crippen molar-refractivity contribution in [2.75, 3.05) is 5.43 Å². The lowest BCUT2D eigenvalue weighted by molar-refractivity contribution is 0.628. The summed E-state index contributed by atoms with van der Waals surface area (Å²) in [5.74, 6) is 0.993. The first-order chi connectivity index (χ1) is 13.6. The van der Waals surface area contributed by atoms with Crippen LogP contribution >= 0.6 is 0 Å². The highest BCUT2D eigenvalue weighted by molar-refractivity contribution is 5.99. The molecule has 0 saturated carbocycles. The molecule has 4 nitrogen and oxygen atoms in total. The highest BCUT2D eigenvalue weighted by Gasteiger charge is 2.09. The Bertz CT molecular complexity index is 1150. The molecule has 0 saturated heterocycles. The van der Waals surface area contributed by atoms with Crippen molar-refractivity contribution in [1.82, 2.24) is 9.97 Å². The van der Waals surface area contributed by atoms with Gasteiger partial charge in [-0.05, 0) is 43.7 Å². The quantitative estimate of drug-likeness (QED) is 0.377. The summed E-state index contributed by atoms with van der Waals surface area (Å²) in [6.07, 6.45) is 0. The predicted molar refractivity (Wildman–Crippen MR) is 112 cm³/mol. The van der Waals surface area contributed by atoms with Crippen LogP contribution in [0.15, 0.2) is 77.9 Å². The summed E-state index contributed by atoms with van der Waals surface area (Å²) in [5, 5.41) is 5.33. The van der Waals surface area contributed by atoms with Crippen LogP contribution in [0.4, 0.5) is 10.2 Å². The third-order valence-electron chi connectivity index (χ3n) is 4.50. The molecule has 4 aromatic rings. The maximum atomic E-state index is 13.1. The Balaban J connectivity index is 1.73. The normalized spacial score (nSPS) is 11.6. The average molecular weight is 370 g/mol. The minimum Gasteiger partial charge on any atom is -0.260 e. The Morgan fingerprint density at radius 2 is 1.61 bits per heavy atom. The van der Waals surface area contributed by atoms with Crippen LogP contribution in [-0.2, 0) is 0 Å². The molecule has 1 heterocycles. The maximum Gasteiger partial charge on any atom is 0.162 e. The van der Waals surface area contributed by atoms with Crippen LogP contribution in [0.3, 0.4) is 0 Å². The van der Waals surface area contributed by atoms with Gasteiger partial charge in [0, 0.05) is 10.9 Å². The number of nitrogens with zero attached hydrogens (tertiary/aromatic N) is 3. The van der Waals surface area contributed by atoms with Gasteiger partial charge in [0.25, 0.3) is 0 Å². The maximum absolute atomic E-state index is 13.1. The van der Waals surface area contributed by atoms with E-state index in [1.54, 1.807) is 12.1 Å². The van der Waals surface area contributed by atoms with Crippen LogP contribution in [0.2, 0.25) is 0 Å². The molecule has 138 valence electrons. The molecule has 1 N–H and O–H groups in total. The van der Waals surface area contributed by atoms with Crippen LogP contribution < -0.4 is 5.43 Å². The van der Waals surface area contributed by atoms with Crippen molar-refractivity contribution in [1.29, 1.82) is 0 Å². The van der Waals surface area contributed by atoms with Crippen molar-refractivity contribution >= 4 is 22.4 Å². The summed E-state index contributed by atoms with van der Waals surface area (Å²) in [5.41, 5.74) is 7.60. The number of rotatable bonds is 4. The molecule has 0 atom stereocenters. The van der Waals surface area contributed by atoms with Crippen LogP contribution in [0.5, 0.6) is 0 Å². The fourth-order valence-electron chi connectivity index (χ4n) is 2.89. The van der Waals surface area contributed by atoms with Gasteiger partial charge in [0.1, 0.15) is 5.82 Å². The van der Waals surface area contributed by atoms with Crippen molar-refractivity contribution in [3.05, 3.63) is 89.7 Å². The van der Waals surface area contributed by atoms with E-state index in [0.717, 1.165) is 27.7 Å². The Kier molecular flexibility index (Phi) is 4.81. The summed E-state index contributed by atoms with van der Waals surface area (Å²) in [6, 6.07) is 22.1. The molecule has 0 aliphatic carbocycles. The number of nitrogens with one attached hydrogen (secondary N) is 1. The highest BCUT2D eigenvalue weighted by Crippen LogP contribution is 2.25. The molecule has 28 heavy (non-hydrogen) atoms. The van der Waals surface area contributed by atoms with Crippen LogP contribution in [0.25, 0.3) is 22.3 Å². The molecule has 1 aromatic heterocycles. The predicted octanol–water partition coefficient (Wildman–Crippen LogP) is 5.58. The van der Waals surface area contributed by atoms with Crippen molar-refractivity contribution in [3.8, 4) is 11.4 Å². The van der Waals surface area contributed by atoms with Gasteiger partial charge in [-0.25, -0.2) is 14.4 Å². The van der Waals surface area contributed by atoms with E-state index in [1.807, 2.05) is 62.4 Å². The second-order valence-corrected chi connectivity index (χ2v) is 6.59. The number of hydrogen-bond acceptors (Lipinski definition) is 4. The fraction of sp³-hybridized carbons (Fsp3) is 0.0870. The molecule has 5 heteroatoms. The van der Waals surface area contributed by atoms with Crippen LogP contribution in [0.1, 0.15) is 18.1 Å². The van der Waals surface area contributed by atoms with Gasteiger partial charge in [0.2, 0.25) is 0 Å². The number of hydrogen-bond donors (Lipinski definition) is 1. The number of aromatic nitrogens is 2. The first-order valence-corrected chi connectivity index (χ1v) is 9.00. The number of aryl methyl sites for hydroxylation is 1. The smallest absolute Gasteiger partial charge is 0.162 e. The van der Waals surface area contributed by atoms with E-state index in [1.165, 1.54) is 17.7 Å². The van der Waals surface area contributed by atoms with Gasteiger partial charge in [-0.15, -0.1) is 0 Å². The van der Waals surface area contributed by atoms with Crippen LogP contribution in [-0.4, -0.2) is 15.7 Å². The van der Waals surface area contributed by atoms with Gasteiger partial charge < -0.3 is 0 Å². The Labute approximate surface area is 162 Å². The molecular weight excluding hydrogens is 351 g/mol. The zero-order chi connectivity index (χ0) is 19.5. The number of anilines is 1. The number of hydrazone groups is 1. The highest BCUT2D eigenvalue weighted by atomic mass is 19.1. The molecule has 0 amide bonds. The van der Waals surface area contributed by atoms with Gasteiger partial charge in [-0.1, -0.05) is 54.1 Å². The average Bonchev–Trinajstić information content (AvgIpc) is 2.72. The summed E-state index contributed by atoms with van der Waals surface area (Å²) >= 11 is 0. The van der Waals surface area contributed by atoms with Crippen molar-refractivity contribution in [3.63, 3.8) is 0 Å². The SMILES string of the molecule is C/C(=N\Nc1nc(-c2ccc(C)cc2)nc2ccccc12)c1ccc(F)cc1. The van der Waals surface area contributed by atoms with Gasteiger partial charge in [-0.3, -0.25) is 5.43 Å². The van der Waals surface area contributed by atoms with E-state index in [4.69, 9.17) is 4.98 Å². The summed E-state index contributed by atoms with van der Waals surface area (Å²) in [6.45, 7) is 3.91. The molecule has 0 bridgehead atoms. The fourth-order valence-corrected chi connectivity index (χ4v) is 2.89. The van der Waals surface area contributed by atoms with Gasteiger partial charge in [0.15, 0.2) is 11.6 Å². The standard InChI is InChI=1S/C23H19FN4/c1-15-7-9-18(10-8-15)22-25-21-6-4-3-5-20(21)23(26-22)28-27-16(2)17-11-13-19(24)14-12-17/h3-14H,1-2H3,(H,25,26,28)/b27-16+. The summed E-state index contributed by atoms with van der Waals surface area (Å²) in [4.78, 5) is 9.38. The second kappa shape index (κ2) is 7.56. The monoisotopic (exact) mass is 370 g/mol. The zero-order valence-electron chi connectivity index (χ0n) is 15.6. The molecule has 0 spiro atoms. The second-order valence-electron chi connectivity index (χ2n) is 6.59. The third-order valence-corrected chi connectivity index (χ3v) is 4.50. The number of benzene rings is 3. The van der Waals surface area contributed by atoms with E-state index in [-0.39, 0.29) is 5.82 Å². The number of fused-ring (bicyclic) bond motifs is 1. The largest absolute Gasteiger partial charge is 0.260 e. The van der Waals surface area contributed by atoms with Gasteiger partial charge in [0.05, 0.1) is 11.2 Å². The summed E-state index contributed by atoms with van der Waals surface area (Å²) < 4.78 is 13.1. The van der Waals surface area contributed by atoms with Crippen molar-refractivity contribution < 1.29 is 4.39 Å². The third kappa shape index (κ3) is 3.74. The van der Waals surface area contributed by atoms with E-state index in [2.05, 4.69) is 15.5 Å². The van der Waals surface area contributed by atoms with Crippen molar-refractivity contribution in [2.45, 2.75) is 13.8 Å². The molecular formula is C23H19FN4. The summed E-state index contributed by atoms with van der Waals surface area (Å²) in [7, 11) is 0. The Morgan fingerprint density at radius 3 is 2.36 bits per heavy atom. The number of halogens is 1. The van der Waals surface area contributed by atoms with E-state index < -0.39 is 0 Å².